The molecule has 2 N–H and O–H groups in total. The number of rotatable bonds is 5. The van der Waals surface area contributed by atoms with Gasteiger partial charge in [-0.2, -0.15) is 0 Å². The maximum atomic E-state index is 12.9. The maximum Gasteiger partial charge on any atom is 0.274 e. The normalized spacial score (nSPS) is 10.3. The SMILES string of the molecule is COc1ccc(NC(=O)c2ccnc(Nc3ccc(F)cc3)n2)cc1Cl. The van der Waals surface area contributed by atoms with Crippen LogP contribution in [0, 0.1) is 5.82 Å². The Bertz CT molecular complexity index is 935. The Morgan fingerprint density at radius 1 is 1.12 bits per heavy atom. The third kappa shape index (κ3) is 4.25. The van der Waals surface area contributed by atoms with Crippen LogP contribution in [0.3, 0.4) is 0 Å². The second-order valence-corrected chi connectivity index (χ2v) is 5.61. The molecule has 0 fully saturated rings. The number of carbonyl (C=O) groups excluding carboxylic acids is 1. The number of ether oxygens (including phenoxy) is 1. The van der Waals surface area contributed by atoms with Gasteiger partial charge in [0.05, 0.1) is 12.1 Å². The van der Waals surface area contributed by atoms with Crippen molar-refractivity contribution in [1.29, 1.82) is 0 Å². The van der Waals surface area contributed by atoms with Gasteiger partial charge in [-0.05, 0) is 48.5 Å². The van der Waals surface area contributed by atoms with Crippen LogP contribution >= 0.6 is 11.6 Å². The molecule has 0 saturated carbocycles. The van der Waals surface area contributed by atoms with Gasteiger partial charge in [-0.1, -0.05) is 11.6 Å². The molecule has 0 aliphatic heterocycles. The van der Waals surface area contributed by atoms with Crippen LogP contribution in [0.15, 0.2) is 54.7 Å². The number of hydrogen-bond acceptors (Lipinski definition) is 5. The highest BCUT2D eigenvalue weighted by molar-refractivity contribution is 6.32. The largest absolute Gasteiger partial charge is 0.495 e. The molecular weight excluding hydrogens is 359 g/mol. The maximum absolute atomic E-state index is 12.9. The smallest absolute Gasteiger partial charge is 0.274 e. The number of carbonyl (C=O) groups is 1. The highest BCUT2D eigenvalue weighted by Gasteiger charge is 2.11. The summed E-state index contributed by atoms with van der Waals surface area (Å²) < 4.78 is 18.0. The zero-order valence-corrected chi connectivity index (χ0v) is 14.4. The van der Waals surface area contributed by atoms with Crippen molar-refractivity contribution >= 4 is 34.8 Å². The quantitative estimate of drug-likeness (QED) is 0.699. The summed E-state index contributed by atoms with van der Waals surface area (Å²) in [6.45, 7) is 0. The van der Waals surface area contributed by atoms with E-state index in [9.17, 15) is 9.18 Å². The van der Waals surface area contributed by atoms with Crippen LogP contribution in [0.4, 0.5) is 21.7 Å². The third-order valence-electron chi connectivity index (χ3n) is 3.40. The molecule has 0 spiro atoms. The van der Waals surface area contributed by atoms with Crippen molar-refractivity contribution in [3.05, 3.63) is 71.3 Å². The zero-order chi connectivity index (χ0) is 18.5. The molecule has 0 bridgehead atoms. The van der Waals surface area contributed by atoms with Gasteiger partial charge in [0.15, 0.2) is 0 Å². The lowest BCUT2D eigenvalue weighted by atomic mass is 10.3. The first-order chi connectivity index (χ1) is 12.5. The molecule has 26 heavy (non-hydrogen) atoms. The second kappa shape index (κ2) is 7.79. The Balaban J connectivity index is 1.73. The number of nitrogens with one attached hydrogen (secondary N) is 2. The lowest BCUT2D eigenvalue weighted by Gasteiger charge is -2.09. The van der Waals surface area contributed by atoms with Crippen molar-refractivity contribution in [3.63, 3.8) is 0 Å². The lowest BCUT2D eigenvalue weighted by Crippen LogP contribution is -2.14. The highest BCUT2D eigenvalue weighted by Crippen LogP contribution is 2.27. The summed E-state index contributed by atoms with van der Waals surface area (Å²) in [5, 5.41) is 5.99. The Labute approximate surface area is 154 Å². The Hall–Kier alpha value is -3.19. The minimum Gasteiger partial charge on any atom is -0.495 e. The highest BCUT2D eigenvalue weighted by atomic mass is 35.5. The van der Waals surface area contributed by atoms with E-state index >= 15 is 0 Å². The number of anilines is 3. The van der Waals surface area contributed by atoms with Crippen molar-refractivity contribution < 1.29 is 13.9 Å². The molecule has 0 radical (unpaired) electrons. The van der Waals surface area contributed by atoms with Crippen molar-refractivity contribution in [1.82, 2.24) is 9.97 Å². The lowest BCUT2D eigenvalue weighted by molar-refractivity contribution is 0.102. The van der Waals surface area contributed by atoms with Crippen molar-refractivity contribution in [2.24, 2.45) is 0 Å². The summed E-state index contributed by atoms with van der Waals surface area (Å²) in [6, 6.07) is 12.1. The molecular formula is C18H14ClFN4O2. The van der Waals surface area contributed by atoms with E-state index in [0.717, 1.165) is 0 Å². The van der Waals surface area contributed by atoms with E-state index in [4.69, 9.17) is 16.3 Å². The van der Waals surface area contributed by atoms with Crippen LogP contribution in [-0.4, -0.2) is 23.0 Å². The Morgan fingerprint density at radius 3 is 2.54 bits per heavy atom. The van der Waals surface area contributed by atoms with E-state index < -0.39 is 5.91 Å². The number of amides is 1. The van der Waals surface area contributed by atoms with Gasteiger partial charge in [0.1, 0.15) is 17.3 Å². The molecule has 8 heteroatoms. The van der Waals surface area contributed by atoms with Gasteiger partial charge in [-0.15, -0.1) is 0 Å². The Kier molecular flexibility index (Phi) is 5.28. The number of aromatic nitrogens is 2. The van der Waals surface area contributed by atoms with Crippen molar-refractivity contribution in [2.75, 3.05) is 17.7 Å². The summed E-state index contributed by atoms with van der Waals surface area (Å²) in [7, 11) is 1.51. The van der Waals surface area contributed by atoms with Gasteiger partial charge in [0, 0.05) is 17.6 Å². The molecule has 2 aromatic carbocycles. The molecule has 3 rings (SSSR count). The van der Waals surface area contributed by atoms with E-state index in [2.05, 4.69) is 20.6 Å². The fourth-order valence-electron chi connectivity index (χ4n) is 2.15. The van der Waals surface area contributed by atoms with Crippen LogP contribution in [0.25, 0.3) is 0 Å². The number of benzene rings is 2. The predicted octanol–water partition coefficient (Wildman–Crippen LogP) is 4.27. The number of halogens is 2. The van der Waals surface area contributed by atoms with Crippen LogP contribution in [-0.2, 0) is 0 Å². The summed E-state index contributed by atoms with van der Waals surface area (Å²) in [6.07, 6.45) is 1.45. The second-order valence-electron chi connectivity index (χ2n) is 5.20. The first-order valence-electron chi connectivity index (χ1n) is 7.55. The molecule has 6 nitrogen and oxygen atoms in total. The predicted molar refractivity (Wildman–Crippen MR) is 97.7 cm³/mol. The van der Waals surface area contributed by atoms with Gasteiger partial charge in [-0.3, -0.25) is 4.79 Å². The van der Waals surface area contributed by atoms with E-state index in [0.29, 0.717) is 22.1 Å². The summed E-state index contributed by atoms with van der Waals surface area (Å²) in [5.74, 6) is -0.0342. The summed E-state index contributed by atoms with van der Waals surface area (Å²) in [4.78, 5) is 20.6. The van der Waals surface area contributed by atoms with Crippen LogP contribution < -0.4 is 15.4 Å². The molecule has 0 unspecified atom stereocenters. The summed E-state index contributed by atoms with van der Waals surface area (Å²) >= 11 is 6.05. The van der Waals surface area contributed by atoms with Crippen molar-refractivity contribution in [3.8, 4) is 5.75 Å². The minimum absolute atomic E-state index is 0.163. The monoisotopic (exact) mass is 372 g/mol. The number of nitrogens with zero attached hydrogens (tertiary/aromatic N) is 2. The van der Waals surface area contributed by atoms with Crippen LogP contribution in [0.2, 0.25) is 5.02 Å². The first-order valence-corrected chi connectivity index (χ1v) is 7.93. The molecule has 0 aliphatic rings. The van der Waals surface area contributed by atoms with Crippen LogP contribution in [0.5, 0.6) is 5.75 Å². The van der Waals surface area contributed by atoms with Crippen LogP contribution in [0.1, 0.15) is 10.5 Å². The fraction of sp³-hybridized carbons (Fsp3) is 0.0556. The summed E-state index contributed by atoms with van der Waals surface area (Å²) in [5.41, 5.74) is 1.27. The first kappa shape index (κ1) is 17.6. The average molecular weight is 373 g/mol. The minimum atomic E-state index is -0.421. The topological polar surface area (TPSA) is 76.1 Å². The van der Waals surface area contributed by atoms with Gasteiger partial charge in [0.25, 0.3) is 5.91 Å². The van der Waals surface area contributed by atoms with E-state index in [-0.39, 0.29) is 17.5 Å². The molecule has 3 aromatic rings. The average Bonchev–Trinajstić information content (AvgIpc) is 2.64. The molecule has 1 aromatic heterocycles. The molecule has 0 saturated heterocycles. The third-order valence-corrected chi connectivity index (χ3v) is 3.69. The Morgan fingerprint density at radius 2 is 1.85 bits per heavy atom. The number of hydrogen-bond donors (Lipinski definition) is 2. The van der Waals surface area contributed by atoms with E-state index in [1.165, 1.54) is 31.5 Å². The molecule has 0 atom stereocenters. The van der Waals surface area contributed by atoms with Gasteiger partial charge < -0.3 is 15.4 Å². The standard InChI is InChI=1S/C18H14ClFN4O2/c1-26-16-7-6-13(10-14(16)19)22-17(25)15-8-9-21-18(24-15)23-12-4-2-11(20)3-5-12/h2-10H,1H3,(H,22,25)(H,21,23,24). The van der Waals surface area contributed by atoms with Gasteiger partial charge >= 0.3 is 0 Å². The molecule has 1 heterocycles. The molecule has 132 valence electrons. The van der Waals surface area contributed by atoms with Crippen molar-refractivity contribution in [2.45, 2.75) is 0 Å². The van der Waals surface area contributed by atoms with E-state index in [1.54, 1.807) is 30.3 Å². The molecule has 1 amide bonds. The van der Waals surface area contributed by atoms with Gasteiger partial charge in [0.2, 0.25) is 5.95 Å². The number of methoxy groups -OCH3 is 1. The zero-order valence-electron chi connectivity index (χ0n) is 13.7. The molecule has 0 aliphatic carbocycles. The fourth-order valence-corrected chi connectivity index (χ4v) is 2.40. The van der Waals surface area contributed by atoms with E-state index in [1.807, 2.05) is 0 Å². The van der Waals surface area contributed by atoms with Gasteiger partial charge in [-0.25, -0.2) is 14.4 Å².